The van der Waals surface area contributed by atoms with Gasteiger partial charge in [0.2, 0.25) is 0 Å². The zero-order valence-corrected chi connectivity index (χ0v) is 19.6. The van der Waals surface area contributed by atoms with Gasteiger partial charge in [0, 0.05) is 43.9 Å². The summed E-state index contributed by atoms with van der Waals surface area (Å²) in [6.45, 7) is 3.66. The Morgan fingerprint density at radius 2 is 1.66 bits per heavy atom. The van der Waals surface area contributed by atoms with E-state index in [1.165, 1.54) is 0 Å². The highest BCUT2D eigenvalue weighted by Gasteiger charge is 2.07. The average molecular weight is 512 g/mol. The molecule has 2 aromatic rings. The number of ether oxygens (including phenoxy) is 2. The monoisotopic (exact) mass is 512 g/mol. The van der Waals surface area contributed by atoms with Gasteiger partial charge >= 0.3 is 0 Å². The van der Waals surface area contributed by atoms with Crippen molar-refractivity contribution < 1.29 is 14.3 Å². The molecule has 0 aliphatic carbocycles. The van der Waals surface area contributed by atoms with Crippen LogP contribution in [0.1, 0.15) is 28.4 Å². The summed E-state index contributed by atoms with van der Waals surface area (Å²) in [6.07, 6.45) is 0. The Labute approximate surface area is 189 Å². The first-order chi connectivity index (χ1) is 13.6. The van der Waals surface area contributed by atoms with E-state index in [2.05, 4.69) is 20.9 Å². The van der Waals surface area contributed by atoms with Gasteiger partial charge in [0.05, 0.1) is 14.2 Å². The van der Waals surface area contributed by atoms with Crippen LogP contribution < -0.4 is 25.4 Å². The number of methoxy groups -OCH3 is 2. The number of carbonyl (C=O) groups excluding carboxylic acids is 1. The van der Waals surface area contributed by atoms with E-state index >= 15 is 0 Å². The zero-order valence-electron chi connectivity index (χ0n) is 17.2. The molecule has 0 unspecified atom stereocenters. The standard InChI is InChI=1S/C21H28N4O3.HI/c1-5-23-20(26)16-8-6-15(7-9-16)13-24-21(22-2)25-14-17-10-11-18(27-3)12-19(17)28-4;/h6-12H,5,13-14H2,1-4H3,(H,23,26)(H2,22,24,25);1H. The van der Waals surface area contributed by atoms with Crippen LogP contribution in [0.5, 0.6) is 11.5 Å². The van der Waals surface area contributed by atoms with Gasteiger partial charge in [-0.25, -0.2) is 0 Å². The summed E-state index contributed by atoms with van der Waals surface area (Å²) in [5.74, 6) is 2.11. The van der Waals surface area contributed by atoms with Gasteiger partial charge in [-0.2, -0.15) is 0 Å². The molecular formula is C21H29IN4O3. The van der Waals surface area contributed by atoms with Crippen LogP contribution in [0, 0.1) is 0 Å². The summed E-state index contributed by atoms with van der Waals surface area (Å²) in [5.41, 5.74) is 2.70. The molecule has 0 saturated carbocycles. The van der Waals surface area contributed by atoms with Crippen LogP contribution >= 0.6 is 24.0 Å². The maximum absolute atomic E-state index is 11.8. The summed E-state index contributed by atoms with van der Waals surface area (Å²) in [6, 6.07) is 13.2. The molecule has 0 spiro atoms. The van der Waals surface area contributed by atoms with E-state index in [-0.39, 0.29) is 29.9 Å². The molecule has 29 heavy (non-hydrogen) atoms. The molecule has 7 nitrogen and oxygen atoms in total. The maximum atomic E-state index is 11.8. The van der Waals surface area contributed by atoms with Crippen molar-refractivity contribution in [2.75, 3.05) is 27.8 Å². The van der Waals surface area contributed by atoms with E-state index < -0.39 is 0 Å². The van der Waals surface area contributed by atoms with Gasteiger partial charge in [0.25, 0.3) is 5.91 Å². The lowest BCUT2D eigenvalue weighted by atomic mass is 10.1. The minimum absolute atomic E-state index is 0. The van der Waals surface area contributed by atoms with Gasteiger partial charge in [-0.1, -0.05) is 12.1 Å². The van der Waals surface area contributed by atoms with Gasteiger partial charge in [-0.3, -0.25) is 9.79 Å². The fourth-order valence-electron chi connectivity index (χ4n) is 2.62. The highest BCUT2D eigenvalue weighted by atomic mass is 127. The molecule has 0 bridgehead atoms. The Balaban J connectivity index is 0.00000420. The van der Waals surface area contributed by atoms with Crippen LogP contribution in [0.3, 0.4) is 0 Å². The largest absolute Gasteiger partial charge is 0.497 e. The number of halogens is 1. The van der Waals surface area contributed by atoms with Gasteiger partial charge < -0.3 is 25.4 Å². The van der Waals surface area contributed by atoms with Crippen LogP contribution in [0.2, 0.25) is 0 Å². The number of nitrogens with one attached hydrogen (secondary N) is 3. The van der Waals surface area contributed by atoms with Crippen molar-refractivity contribution in [2.24, 2.45) is 4.99 Å². The summed E-state index contributed by atoms with van der Waals surface area (Å²) in [4.78, 5) is 16.0. The predicted molar refractivity (Wildman–Crippen MR) is 126 cm³/mol. The highest BCUT2D eigenvalue weighted by molar-refractivity contribution is 14.0. The number of aliphatic imine (C=N–C) groups is 1. The third-order valence-corrected chi connectivity index (χ3v) is 4.18. The van der Waals surface area contributed by atoms with Gasteiger partial charge in [0.15, 0.2) is 5.96 Å². The first-order valence-electron chi connectivity index (χ1n) is 9.13. The second-order valence-corrected chi connectivity index (χ2v) is 6.01. The second kappa shape index (κ2) is 12.9. The fraction of sp³-hybridized carbons (Fsp3) is 0.333. The third kappa shape index (κ3) is 7.45. The van der Waals surface area contributed by atoms with Crippen molar-refractivity contribution in [3.8, 4) is 11.5 Å². The smallest absolute Gasteiger partial charge is 0.251 e. The lowest BCUT2D eigenvalue weighted by Crippen LogP contribution is -2.36. The Morgan fingerprint density at radius 1 is 0.966 bits per heavy atom. The van der Waals surface area contributed by atoms with Crippen LogP contribution in [-0.4, -0.2) is 39.7 Å². The first-order valence-corrected chi connectivity index (χ1v) is 9.13. The second-order valence-electron chi connectivity index (χ2n) is 6.01. The van der Waals surface area contributed by atoms with Gasteiger partial charge in [-0.05, 0) is 36.8 Å². The molecule has 3 N–H and O–H groups in total. The first kappa shape index (κ1) is 24.5. The summed E-state index contributed by atoms with van der Waals surface area (Å²) in [7, 11) is 4.98. The Hall–Kier alpha value is -2.49. The lowest BCUT2D eigenvalue weighted by Gasteiger charge is -2.14. The molecule has 0 aliphatic heterocycles. The Bertz CT molecular complexity index is 810. The number of rotatable bonds is 8. The van der Waals surface area contributed by atoms with Crippen molar-refractivity contribution in [1.82, 2.24) is 16.0 Å². The summed E-state index contributed by atoms with van der Waals surface area (Å²) in [5, 5.41) is 9.32. The van der Waals surface area contributed by atoms with Crippen LogP contribution in [0.15, 0.2) is 47.5 Å². The van der Waals surface area contributed by atoms with Crippen molar-refractivity contribution in [1.29, 1.82) is 0 Å². The molecule has 2 rings (SSSR count). The minimum Gasteiger partial charge on any atom is -0.497 e. The number of amides is 1. The summed E-state index contributed by atoms with van der Waals surface area (Å²) < 4.78 is 10.6. The maximum Gasteiger partial charge on any atom is 0.251 e. The Morgan fingerprint density at radius 3 is 2.24 bits per heavy atom. The van der Waals surface area contributed by atoms with Crippen LogP contribution in [0.25, 0.3) is 0 Å². The van der Waals surface area contributed by atoms with Gasteiger partial charge in [0.1, 0.15) is 11.5 Å². The number of carbonyl (C=O) groups is 1. The molecule has 0 fully saturated rings. The molecule has 8 heteroatoms. The lowest BCUT2D eigenvalue weighted by molar-refractivity contribution is 0.0956. The van der Waals surface area contributed by atoms with Gasteiger partial charge in [-0.15, -0.1) is 24.0 Å². The molecule has 1 amide bonds. The normalized spacial score (nSPS) is 10.6. The SMILES string of the molecule is CCNC(=O)c1ccc(CNC(=NC)NCc2ccc(OC)cc2OC)cc1.I. The molecule has 0 heterocycles. The number of benzene rings is 2. The van der Waals surface area contributed by atoms with E-state index in [1.54, 1.807) is 21.3 Å². The molecule has 0 radical (unpaired) electrons. The quantitative estimate of drug-likeness (QED) is 0.288. The summed E-state index contributed by atoms with van der Waals surface area (Å²) >= 11 is 0. The number of guanidine groups is 1. The molecule has 0 aromatic heterocycles. The van der Waals surface area contributed by atoms with E-state index in [0.717, 1.165) is 22.6 Å². The minimum atomic E-state index is -0.0621. The van der Waals surface area contributed by atoms with Crippen molar-refractivity contribution in [3.63, 3.8) is 0 Å². The van der Waals surface area contributed by atoms with Crippen molar-refractivity contribution in [3.05, 3.63) is 59.2 Å². The van der Waals surface area contributed by atoms with E-state index in [0.29, 0.717) is 31.2 Å². The topological polar surface area (TPSA) is 84.0 Å². The number of nitrogens with zero attached hydrogens (tertiary/aromatic N) is 1. The van der Waals surface area contributed by atoms with E-state index in [9.17, 15) is 4.79 Å². The highest BCUT2D eigenvalue weighted by Crippen LogP contribution is 2.24. The Kier molecular flexibility index (Phi) is 10.9. The third-order valence-electron chi connectivity index (χ3n) is 4.18. The zero-order chi connectivity index (χ0) is 20.4. The van der Waals surface area contributed by atoms with E-state index in [4.69, 9.17) is 9.47 Å². The molecular weight excluding hydrogens is 483 g/mol. The van der Waals surface area contributed by atoms with Crippen LogP contribution in [-0.2, 0) is 13.1 Å². The molecule has 0 aliphatic rings. The predicted octanol–water partition coefficient (Wildman–Crippen LogP) is 2.94. The van der Waals surface area contributed by atoms with Crippen LogP contribution in [0.4, 0.5) is 0 Å². The molecule has 0 saturated heterocycles. The average Bonchev–Trinajstić information content (AvgIpc) is 2.74. The molecule has 2 aromatic carbocycles. The van der Waals surface area contributed by atoms with Crippen molar-refractivity contribution >= 4 is 35.8 Å². The number of hydrogen-bond acceptors (Lipinski definition) is 4. The molecule has 158 valence electrons. The van der Waals surface area contributed by atoms with E-state index in [1.807, 2.05) is 49.4 Å². The fourth-order valence-corrected chi connectivity index (χ4v) is 2.62. The molecule has 0 atom stereocenters. The number of hydrogen-bond donors (Lipinski definition) is 3. The van der Waals surface area contributed by atoms with Crippen molar-refractivity contribution in [2.45, 2.75) is 20.0 Å².